The van der Waals surface area contributed by atoms with Gasteiger partial charge < -0.3 is 10.6 Å². The fourth-order valence-corrected chi connectivity index (χ4v) is 2.51. The monoisotopic (exact) mass is 329 g/mol. The second kappa shape index (κ2) is 6.44. The second-order valence-corrected chi connectivity index (χ2v) is 5.62. The van der Waals surface area contributed by atoms with E-state index < -0.39 is 0 Å². The van der Waals surface area contributed by atoms with Crippen molar-refractivity contribution < 1.29 is 0 Å². The van der Waals surface area contributed by atoms with E-state index in [1.165, 1.54) is 5.56 Å². The van der Waals surface area contributed by atoms with Crippen LogP contribution in [0.4, 0.5) is 11.4 Å². The van der Waals surface area contributed by atoms with Crippen LogP contribution in [0.25, 0.3) is 0 Å². The van der Waals surface area contributed by atoms with Gasteiger partial charge in [0, 0.05) is 29.4 Å². The van der Waals surface area contributed by atoms with E-state index in [1.54, 1.807) is 0 Å². The molecule has 0 aliphatic rings. The maximum Gasteiger partial charge on any atom is 0.0670 e. The Morgan fingerprint density at radius 1 is 1.25 bits per heavy atom. The molecule has 0 spiro atoms. The molecule has 4 heteroatoms. The zero-order chi connectivity index (χ0) is 14.5. The molecular weight excluding hydrogens is 314 g/mol. The molecule has 0 heterocycles. The predicted octanol–water partition coefficient (Wildman–Crippen LogP) is 3.73. The van der Waals surface area contributed by atoms with E-state index in [4.69, 9.17) is 11.0 Å². The van der Waals surface area contributed by atoms with Crippen molar-refractivity contribution >= 4 is 27.3 Å². The summed E-state index contributed by atoms with van der Waals surface area (Å²) in [5, 5.41) is 8.81. The summed E-state index contributed by atoms with van der Waals surface area (Å²) in [6.45, 7) is 0.801. The Labute approximate surface area is 127 Å². The number of nitrogens with two attached hydrogens (primary N) is 1. The maximum absolute atomic E-state index is 8.81. The molecule has 102 valence electrons. The van der Waals surface area contributed by atoms with E-state index in [0.717, 1.165) is 22.3 Å². The molecule has 2 aromatic carbocycles. The largest absolute Gasteiger partial charge is 0.398 e. The molecule has 0 radical (unpaired) electrons. The van der Waals surface area contributed by atoms with Crippen LogP contribution in [-0.4, -0.2) is 7.05 Å². The summed E-state index contributed by atoms with van der Waals surface area (Å²) in [4.78, 5) is 2.14. The molecule has 0 aliphatic heterocycles. The van der Waals surface area contributed by atoms with E-state index in [-0.39, 0.29) is 0 Å². The molecule has 0 atom stereocenters. The minimum Gasteiger partial charge on any atom is -0.398 e. The van der Waals surface area contributed by atoms with E-state index in [9.17, 15) is 0 Å². The molecule has 0 aliphatic carbocycles. The number of benzene rings is 2. The highest BCUT2D eigenvalue weighted by atomic mass is 79.9. The van der Waals surface area contributed by atoms with Gasteiger partial charge in [-0.25, -0.2) is 0 Å². The van der Waals surface area contributed by atoms with Crippen LogP contribution in [0.3, 0.4) is 0 Å². The first-order valence-electron chi connectivity index (χ1n) is 6.31. The van der Waals surface area contributed by atoms with Gasteiger partial charge >= 0.3 is 0 Å². The van der Waals surface area contributed by atoms with E-state index in [2.05, 4.69) is 39.0 Å². The molecule has 2 N–H and O–H groups in total. The van der Waals surface area contributed by atoms with Crippen molar-refractivity contribution in [3.8, 4) is 6.07 Å². The van der Waals surface area contributed by atoms with E-state index in [1.807, 2.05) is 37.4 Å². The molecule has 3 nitrogen and oxygen atoms in total. The molecule has 0 amide bonds. The smallest absolute Gasteiger partial charge is 0.0670 e. The van der Waals surface area contributed by atoms with Crippen molar-refractivity contribution in [3.63, 3.8) is 0 Å². The van der Waals surface area contributed by atoms with Crippen LogP contribution in [0.15, 0.2) is 46.9 Å². The molecule has 0 unspecified atom stereocenters. The summed E-state index contributed by atoms with van der Waals surface area (Å²) in [5.41, 5.74) is 9.71. The predicted molar refractivity (Wildman–Crippen MR) is 86.4 cm³/mol. The first-order valence-corrected chi connectivity index (χ1v) is 7.10. The van der Waals surface area contributed by atoms with Gasteiger partial charge in [-0.15, -0.1) is 0 Å². The highest BCUT2D eigenvalue weighted by Gasteiger charge is 2.06. The molecule has 2 rings (SSSR count). The van der Waals surface area contributed by atoms with Gasteiger partial charge in [-0.05, 0) is 41.5 Å². The lowest BCUT2D eigenvalue weighted by Crippen LogP contribution is -2.16. The summed E-state index contributed by atoms with van der Waals surface area (Å²) >= 11 is 3.48. The molecule has 0 aromatic heterocycles. The van der Waals surface area contributed by atoms with Crippen molar-refractivity contribution in [2.75, 3.05) is 17.7 Å². The number of rotatable bonds is 4. The van der Waals surface area contributed by atoms with Crippen molar-refractivity contribution in [1.82, 2.24) is 0 Å². The lowest BCUT2D eigenvalue weighted by Gasteiger charge is -2.20. The lowest BCUT2D eigenvalue weighted by molar-refractivity contribution is 0.921. The van der Waals surface area contributed by atoms with Gasteiger partial charge in [-0.1, -0.05) is 28.1 Å². The van der Waals surface area contributed by atoms with Crippen LogP contribution in [0.5, 0.6) is 0 Å². The van der Waals surface area contributed by atoms with Gasteiger partial charge in [0.15, 0.2) is 0 Å². The fourth-order valence-electron chi connectivity index (χ4n) is 2.07. The van der Waals surface area contributed by atoms with Gasteiger partial charge in [0.05, 0.1) is 12.5 Å². The molecule has 0 bridgehead atoms. The van der Waals surface area contributed by atoms with Crippen LogP contribution in [0, 0.1) is 11.3 Å². The van der Waals surface area contributed by atoms with Crippen LogP contribution in [-0.2, 0) is 13.0 Å². The second-order valence-electron chi connectivity index (χ2n) is 4.70. The topological polar surface area (TPSA) is 53.0 Å². The first kappa shape index (κ1) is 14.4. The summed E-state index contributed by atoms with van der Waals surface area (Å²) < 4.78 is 1.07. The molecule has 0 fully saturated rings. The number of hydrogen-bond donors (Lipinski definition) is 1. The lowest BCUT2D eigenvalue weighted by atomic mass is 10.1. The van der Waals surface area contributed by atoms with Gasteiger partial charge in [0.25, 0.3) is 0 Å². The average molecular weight is 330 g/mol. The average Bonchev–Trinajstić information content (AvgIpc) is 2.41. The number of anilines is 2. The Hall–Kier alpha value is -1.99. The van der Waals surface area contributed by atoms with Crippen molar-refractivity contribution in [2.24, 2.45) is 0 Å². The minimum absolute atomic E-state index is 0.338. The third kappa shape index (κ3) is 3.52. The number of hydrogen-bond acceptors (Lipinski definition) is 3. The molecule has 0 saturated carbocycles. The Morgan fingerprint density at radius 2 is 2.05 bits per heavy atom. The standard InChI is InChI=1S/C16H16BrN3/c1-20(11-12-3-2-4-14(17)9-12)15-5-6-16(19)13(10-15)7-8-18/h2-6,9-10H,7,11,19H2,1H3. The Kier molecular flexibility index (Phi) is 4.65. The third-order valence-electron chi connectivity index (χ3n) is 3.15. The quantitative estimate of drug-likeness (QED) is 0.869. The summed E-state index contributed by atoms with van der Waals surface area (Å²) in [6, 6.07) is 16.2. The zero-order valence-electron chi connectivity index (χ0n) is 11.3. The number of nitriles is 1. The van der Waals surface area contributed by atoms with Crippen LogP contribution in [0.1, 0.15) is 11.1 Å². The van der Waals surface area contributed by atoms with Crippen LogP contribution in [0.2, 0.25) is 0 Å². The Morgan fingerprint density at radius 3 is 2.75 bits per heavy atom. The third-order valence-corrected chi connectivity index (χ3v) is 3.64. The summed E-state index contributed by atoms with van der Waals surface area (Å²) in [5.74, 6) is 0. The Bertz CT molecular complexity index is 646. The normalized spacial score (nSPS) is 10.1. The van der Waals surface area contributed by atoms with Gasteiger partial charge in [-0.2, -0.15) is 5.26 Å². The van der Waals surface area contributed by atoms with Crippen LogP contribution >= 0.6 is 15.9 Å². The number of nitrogen functional groups attached to an aromatic ring is 1. The van der Waals surface area contributed by atoms with Crippen molar-refractivity contribution in [1.29, 1.82) is 5.26 Å². The van der Waals surface area contributed by atoms with Crippen molar-refractivity contribution in [3.05, 3.63) is 58.1 Å². The maximum atomic E-state index is 8.81. The fraction of sp³-hybridized carbons (Fsp3) is 0.188. The highest BCUT2D eigenvalue weighted by molar-refractivity contribution is 9.10. The molecule has 20 heavy (non-hydrogen) atoms. The van der Waals surface area contributed by atoms with Crippen molar-refractivity contribution in [2.45, 2.75) is 13.0 Å². The molecule has 0 saturated heterocycles. The number of nitrogens with zero attached hydrogens (tertiary/aromatic N) is 2. The zero-order valence-corrected chi connectivity index (χ0v) is 12.9. The van der Waals surface area contributed by atoms with E-state index in [0.29, 0.717) is 12.1 Å². The summed E-state index contributed by atoms with van der Waals surface area (Å²) in [7, 11) is 2.03. The Balaban J connectivity index is 2.19. The highest BCUT2D eigenvalue weighted by Crippen LogP contribution is 2.23. The summed E-state index contributed by atoms with van der Waals surface area (Å²) in [6.07, 6.45) is 0.338. The molecular formula is C16H16BrN3. The SMILES string of the molecule is CN(Cc1cccc(Br)c1)c1ccc(N)c(CC#N)c1. The van der Waals surface area contributed by atoms with Gasteiger partial charge in [-0.3, -0.25) is 0 Å². The van der Waals surface area contributed by atoms with Gasteiger partial charge in [0.1, 0.15) is 0 Å². The molecule has 2 aromatic rings. The van der Waals surface area contributed by atoms with E-state index >= 15 is 0 Å². The minimum atomic E-state index is 0.338. The number of halogens is 1. The first-order chi connectivity index (χ1) is 9.60. The van der Waals surface area contributed by atoms with Gasteiger partial charge in [0.2, 0.25) is 0 Å². The van der Waals surface area contributed by atoms with Crippen LogP contribution < -0.4 is 10.6 Å².